The minimum Gasteiger partial charge on any atom is -0.335 e. The lowest BCUT2D eigenvalue weighted by Crippen LogP contribution is -2.00. The third-order valence-electron chi connectivity index (χ3n) is 2.05. The summed E-state index contributed by atoms with van der Waals surface area (Å²) in [6, 6.07) is 9.72. The van der Waals surface area contributed by atoms with Crippen LogP contribution >= 0.6 is 0 Å². The van der Waals surface area contributed by atoms with Gasteiger partial charge in [0, 0.05) is 25.1 Å². The van der Waals surface area contributed by atoms with Crippen LogP contribution in [0.15, 0.2) is 42.9 Å². The van der Waals surface area contributed by atoms with Crippen molar-refractivity contribution in [3.05, 3.63) is 54.1 Å². The second kappa shape index (κ2) is 3.75. The van der Waals surface area contributed by atoms with Gasteiger partial charge in [-0.2, -0.15) is 5.26 Å². The van der Waals surface area contributed by atoms with Crippen LogP contribution in [0.1, 0.15) is 11.3 Å². The number of nitriles is 1. The molecule has 3 heteroatoms. The maximum atomic E-state index is 8.80. The molecule has 14 heavy (non-hydrogen) atoms. The maximum absolute atomic E-state index is 8.80. The SMILES string of the molecule is N#Cc1cccn1Cc1ccncc1. The predicted molar refractivity (Wildman–Crippen MR) is 52.5 cm³/mol. The van der Waals surface area contributed by atoms with Gasteiger partial charge < -0.3 is 4.57 Å². The van der Waals surface area contributed by atoms with Gasteiger partial charge in [0.1, 0.15) is 11.8 Å². The average molecular weight is 183 g/mol. The third-order valence-corrected chi connectivity index (χ3v) is 2.05. The van der Waals surface area contributed by atoms with Crippen molar-refractivity contribution >= 4 is 0 Å². The zero-order valence-corrected chi connectivity index (χ0v) is 7.59. The van der Waals surface area contributed by atoms with Crippen molar-refractivity contribution in [3.8, 4) is 6.07 Å². The molecule has 0 aliphatic heterocycles. The monoisotopic (exact) mass is 183 g/mol. The number of pyridine rings is 1. The van der Waals surface area contributed by atoms with Gasteiger partial charge in [0.2, 0.25) is 0 Å². The summed E-state index contributed by atoms with van der Waals surface area (Å²) in [7, 11) is 0. The molecule has 0 fully saturated rings. The Morgan fingerprint density at radius 1 is 1.29 bits per heavy atom. The molecular formula is C11H9N3. The van der Waals surface area contributed by atoms with Crippen molar-refractivity contribution in [3.63, 3.8) is 0 Å². The van der Waals surface area contributed by atoms with Gasteiger partial charge in [-0.05, 0) is 29.8 Å². The molecule has 0 radical (unpaired) electrons. The van der Waals surface area contributed by atoms with Gasteiger partial charge in [-0.25, -0.2) is 0 Å². The Balaban J connectivity index is 2.24. The van der Waals surface area contributed by atoms with Gasteiger partial charge in [-0.3, -0.25) is 4.98 Å². The first kappa shape index (κ1) is 8.52. The minimum absolute atomic E-state index is 0.682. The molecule has 0 aliphatic carbocycles. The van der Waals surface area contributed by atoms with E-state index in [2.05, 4.69) is 11.1 Å². The number of rotatable bonds is 2. The van der Waals surface area contributed by atoms with Crippen LogP contribution < -0.4 is 0 Å². The third kappa shape index (κ3) is 1.64. The first-order valence-electron chi connectivity index (χ1n) is 4.34. The quantitative estimate of drug-likeness (QED) is 0.712. The van der Waals surface area contributed by atoms with E-state index >= 15 is 0 Å². The number of hydrogen-bond acceptors (Lipinski definition) is 2. The summed E-state index contributed by atoms with van der Waals surface area (Å²) in [6.45, 7) is 0.721. The Morgan fingerprint density at radius 2 is 2.07 bits per heavy atom. The Morgan fingerprint density at radius 3 is 2.79 bits per heavy atom. The fourth-order valence-electron chi connectivity index (χ4n) is 1.34. The van der Waals surface area contributed by atoms with E-state index in [9.17, 15) is 0 Å². The van der Waals surface area contributed by atoms with Crippen molar-refractivity contribution in [1.82, 2.24) is 9.55 Å². The van der Waals surface area contributed by atoms with Gasteiger partial charge in [-0.1, -0.05) is 0 Å². The maximum Gasteiger partial charge on any atom is 0.120 e. The number of hydrogen-bond donors (Lipinski definition) is 0. The second-order valence-corrected chi connectivity index (χ2v) is 2.99. The Hall–Kier alpha value is -2.08. The topological polar surface area (TPSA) is 41.6 Å². The molecule has 0 amide bonds. The Bertz CT molecular complexity index is 451. The van der Waals surface area contributed by atoms with E-state index in [0.717, 1.165) is 12.1 Å². The van der Waals surface area contributed by atoms with Crippen LogP contribution in [0.5, 0.6) is 0 Å². The van der Waals surface area contributed by atoms with Gasteiger partial charge in [0.15, 0.2) is 0 Å². The molecule has 0 N–H and O–H groups in total. The second-order valence-electron chi connectivity index (χ2n) is 2.99. The van der Waals surface area contributed by atoms with Gasteiger partial charge in [0.05, 0.1) is 0 Å². The highest BCUT2D eigenvalue weighted by Crippen LogP contribution is 2.05. The fraction of sp³-hybridized carbons (Fsp3) is 0.0909. The summed E-state index contributed by atoms with van der Waals surface area (Å²) in [4.78, 5) is 3.94. The highest BCUT2D eigenvalue weighted by Gasteiger charge is 1.99. The van der Waals surface area contributed by atoms with Crippen molar-refractivity contribution in [1.29, 1.82) is 5.26 Å². The van der Waals surface area contributed by atoms with Crippen LogP contribution in [0.25, 0.3) is 0 Å². The Kier molecular flexibility index (Phi) is 2.28. The number of aromatic nitrogens is 2. The molecule has 0 spiro atoms. The van der Waals surface area contributed by atoms with Crippen LogP contribution in [-0.4, -0.2) is 9.55 Å². The molecule has 0 aromatic carbocycles. The smallest absolute Gasteiger partial charge is 0.120 e. The van der Waals surface area contributed by atoms with Crippen LogP contribution in [0.2, 0.25) is 0 Å². The van der Waals surface area contributed by atoms with E-state index in [1.807, 2.05) is 29.0 Å². The molecule has 0 atom stereocenters. The van der Waals surface area contributed by atoms with Crippen molar-refractivity contribution in [2.24, 2.45) is 0 Å². The molecule has 0 unspecified atom stereocenters. The summed E-state index contributed by atoms with van der Waals surface area (Å²) < 4.78 is 1.91. The molecule has 0 bridgehead atoms. The van der Waals surface area contributed by atoms with Crippen LogP contribution in [0.3, 0.4) is 0 Å². The standard InChI is InChI=1S/C11H9N3/c12-8-11-2-1-7-14(11)9-10-3-5-13-6-4-10/h1-7H,9H2. The summed E-state index contributed by atoms with van der Waals surface area (Å²) in [5.74, 6) is 0. The van der Waals surface area contributed by atoms with Crippen LogP contribution in [0.4, 0.5) is 0 Å². The summed E-state index contributed by atoms with van der Waals surface area (Å²) in [6.07, 6.45) is 5.41. The van der Waals surface area contributed by atoms with Gasteiger partial charge in [0.25, 0.3) is 0 Å². The van der Waals surface area contributed by atoms with E-state index < -0.39 is 0 Å². The molecule has 0 saturated carbocycles. The molecule has 2 heterocycles. The largest absolute Gasteiger partial charge is 0.335 e. The highest BCUT2D eigenvalue weighted by molar-refractivity contribution is 5.24. The normalized spacial score (nSPS) is 9.64. The van der Waals surface area contributed by atoms with Crippen molar-refractivity contribution in [2.75, 3.05) is 0 Å². The van der Waals surface area contributed by atoms with E-state index in [0.29, 0.717) is 5.69 Å². The number of nitrogens with zero attached hydrogens (tertiary/aromatic N) is 3. The van der Waals surface area contributed by atoms with E-state index in [1.54, 1.807) is 18.5 Å². The van der Waals surface area contributed by atoms with E-state index in [1.165, 1.54) is 0 Å². The molecule has 3 nitrogen and oxygen atoms in total. The molecular weight excluding hydrogens is 174 g/mol. The Labute approximate surface area is 82.2 Å². The summed E-state index contributed by atoms with van der Waals surface area (Å²) in [5.41, 5.74) is 1.83. The first-order chi connectivity index (χ1) is 6.90. The molecule has 68 valence electrons. The van der Waals surface area contributed by atoms with E-state index in [-0.39, 0.29) is 0 Å². The molecule has 2 aromatic heterocycles. The lowest BCUT2D eigenvalue weighted by atomic mass is 10.2. The molecule has 2 rings (SSSR count). The summed E-state index contributed by atoms with van der Waals surface area (Å²) >= 11 is 0. The fourth-order valence-corrected chi connectivity index (χ4v) is 1.34. The van der Waals surface area contributed by atoms with Gasteiger partial charge in [-0.15, -0.1) is 0 Å². The van der Waals surface area contributed by atoms with Gasteiger partial charge >= 0.3 is 0 Å². The molecule has 0 saturated heterocycles. The molecule has 0 aliphatic rings. The molecule has 2 aromatic rings. The van der Waals surface area contributed by atoms with Crippen molar-refractivity contribution in [2.45, 2.75) is 6.54 Å². The summed E-state index contributed by atoms with van der Waals surface area (Å²) in [5, 5.41) is 8.80. The van der Waals surface area contributed by atoms with Crippen LogP contribution in [-0.2, 0) is 6.54 Å². The zero-order chi connectivity index (χ0) is 9.80. The first-order valence-corrected chi connectivity index (χ1v) is 4.34. The predicted octanol–water partition coefficient (Wildman–Crippen LogP) is 1.80. The highest BCUT2D eigenvalue weighted by atomic mass is 15.0. The lowest BCUT2D eigenvalue weighted by Gasteiger charge is -2.03. The van der Waals surface area contributed by atoms with Crippen molar-refractivity contribution < 1.29 is 0 Å². The van der Waals surface area contributed by atoms with E-state index in [4.69, 9.17) is 5.26 Å². The van der Waals surface area contributed by atoms with Crippen LogP contribution in [0, 0.1) is 11.3 Å². The zero-order valence-electron chi connectivity index (χ0n) is 7.59. The minimum atomic E-state index is 0.682. The average Bonchev–Trinajstić information content (AvgIpc) is 2.67. The lowest BCUT2D eigenvalue weighted by molar-refractivity contribution is 0.792.